The van der Waals surface area contributed by atoms with Crippen molar-refractivity contribution in [1.82, 2.24) is 25.9 Å². The highest BCUT2D eigenvalue weighted by atomic mass is 16.4. The summed E-state index contributed by atoms with van der Waals surface area (Å²) in [6.45, 7) is 0.153. The molecule has 0 radical (unpaired) electrons. The molecule has 1 aromatic heterocycles. The van der Waals surface area contributed by atoms with Gasteiger partial charge in [-0.2, -0.15) is 0 Å². The molecule has 0 aliphatic rings. The smallest absolute Gasteiger partial charge is 0.326 e. The number of carboxylic acid groups (broad SMARTS) is 1. The van der Waals surface area contributed by atoms with Crippen LogP contribution in [-0.2, 0) is 36.8 Å². The Morgan fingerprint density at radius 1 is 0.884 bits per heavy atom. The maximum absolute atomic E-state index is 13.4. The van der Waals surface area contributed by atoms with Gasteiger partial charge in [0.15, 0.2) is 5.96 Å². The molecule has 0 bridgehead atoms. The number of aromatic amines is 1. The normalized spacial score (nSPS) is 13.5. The molecule has 0 saturated carbocycles. The van der Waals surface area contributed by atoms with Gasteiger partial charge < -0.3 is 54.1 Å². The lowest BCUT2D eigenvalue weighted by molar-refractivity contribution is -0.142. The molecule has 43 heavy (non-hydrogen) atoms. The molecule has 17 nitrogen and oxygen atoms in total. The number of aromatic hydroxyl groups is 1. The molecule has 4 unspecified atom stereocenters. The van der Waals surface area contributed by atoms with E-state index in [4.69, 9.17) is 22.9 Å². The first-order valence-electron chi connectivity index (χ1n) is 13.3. The monoisotopic (exact) mass is 602 g/mol. The summed E-state index contributed by atoms with van der Waals surface area (Å²) in [5, 5.41) is 26.5. The Hall–Kier alpha value is -5.19. The third kappa shape index (κ3) is 12.5. The Bertz CT molecular complexity index is 1260. The molecular weight excluding hydrogens is 564 g/mol. The number of carbonyl (C=O) groups excluding carboxylic acids is 4. The van der Waals surface area contributed by atoms with Crippen LogP contribution in [0.4, 0.5) is 0 Å². The van der Waals surface area contributed by atoms with Crippen LogP contribution < -0.4 is 38.9 Å². The number of rotatable bonds is 18. The van der Waals surface area contributed by atoms with Gasteiger partial charge in [0.25, 0.3) is 0 Å². The van der Waals surface area contributed by atoms with E-state index in [1.165, 1.54) is 24.7 Å². The van der Waals surface area contributed by atoms with Crippen LogP contribution in [0.3, 0.4) is 0 Å². The number of H-pyrrole nitrogens is 1. The Morgan fingerprint density at radius 3 is 2.09 bits per heavy atom. The van der Waals surface area contributed by atoms with Crippen LogP contribution in [0.5, 0.6) is 5.75 Å². The zero-order valence-electron chi connectivity index (χ0n) is 23.4. The van der Waals surface area contributed by atoms with E-state index in [9.17, 15) is 34.2 Å². The highest BCUT2D eigenvalue weighted by Gasteiger charge is 2.31. The highest BCUT2D eigenvalue weighted by molar-refractivity contribution is 5.94. The van der Waals surface area contributed by atoms with Gasteiger partial charge in [-0.05, 0) is 43.4 Å². The van der Waals surface area contributed by atoms with Gasteiger partial charge in [0.1, 0.15) is 23.9 Å². The zero-order chi connectivity index (χ0) is 31.9. The largest absolute Gasteiger partial charge is 0.508 e. The zero-order valence-corrected chi connectivity index (χ0v) is 23.4. The summed E-state index contributed by atoms with van der Waals surface area (Å²) in [7, 11) is 0. The molecule has 1 heterocycles. The number of aromatic nitrogens is 2. The number of carboxylic acids is 1. The summed E-state index contributed by atoms with van der Waals surface area (Å²) in [4.78, 5) is 73.0. The van der Waals surface area contributed by atoms with Crippen LogP contribution in [0.25, 0.3) is 0 Å². The van der Waals surface area contributed by atoms with Gasteiger partial charge in [0, 0.05) is 31.3 Å². The first-order chi connectivity index (χ1) is 20.3. The minimum absolute atomic E-state index is 0.0514. The lowest BCUT2D eigenvalue weighted by Gasteiger charge is -2.25. The van der Waals surface area contributed by atoms with Crippen LogP contribution in [0.1, 0.15) is 36.9 Å². The quantitative estimate of drug-likeness (QED) is 0.0468. The highest BCUT2D eigenvalue weighted by Crippen LogP contribution is 2.11. The lowest BCUT2D eigenvalue weighted by atomic mass is 10.0. The van der Waals surface area contributed by atoms with E-state index in [-0.39, 0.29) is 56.8 Å². The lowest BCUT2D eigenvalue weighted by Crippen LogP contribution is -2.57. The van der Waals surface area contributed by atoms with Gasteiger partial charge in [-0.1, -0.05) is 12.1 Å². The van der Waals surface area contributed by atoms with Gasteiger partial charge in [-0.3, -0.25) is 24.2 Å². The van der Waals surface area contributed by atoms with E-state index < -0.39 is 53.8 Å². The van der Waals surface area contributed by atoms with E-state index in [0.29, 0.717) is 11.3 Å². The summed E-state index contributed by atoms with van der Waals surface area (Å²) in [6.07, 6.45) is 2.58. The van der Waals surface area contributed by atoms with Crippen molar-refractivity contribution >= 4 is 35.6 Å². The first kappa shape index (κ1) is 34.0. The minimum atomic E-state index is -1.45. The third-order valence-electron chi connectivity index (χ3n) is 6.21. The first-order valence-corrected chi connectivity index (χ1v) is 13.3. The molecule has 4 amide bonds. The Kier molecular flexibility index (Phi) is 13.4. The third-order valence-corrected chi connectivity index (χ3v) is 6.21. The molecule has 0 saturated heterocycles. The number of hydrogen-bond acceptors (Lipinski definition) is 9. The van der Waals surface area contributed by atoms with Crippen LogP contribution in [0, 0.1) is 0 Å². The SMILES string of the molecule is NC(=O)CCC(NC(=O)C(Cc1cnc[nH]1)NC(=O)C(CCCN=C(N)N)NC(=O)C(N)Cc1ccc(O)cc1)C(=O)O. The second kappa shape index (κ2) is 16.9. The van der Waals surface area contributed by atoms with Crippen molar-refractivity contribution in [3.63, 3.8) is 0 Å². The number of benzene rings is 1. The number of amides is 4. The van der Waals surface area contributed by atoms with Gasteiger partial charge >= 0.3 is 5.97 Å². The average molecular weight is 603 g/mol. The maximum Gasteiger partial charge on any atom is 0.326 e. The molecule has 1 aromatic carbocycles. The van der Waals surface area contributed by atoms with Gasteiger partial charge in [-0.25, -0.2) is 9.78 Å². The van der Waals surface area contributed by atoms with Crippen molar-refractivity contribution in [1.29, 1.82) is 0 Å². The fourth-order valence-electron chi connectivity index (χ4n) is 3.94. The summed E-state index contributed by atoms with van der Waals surface area (Å²) in [6, 6.07) is 1.14. The number of phenolic OH excluding ortho intramolecular Hbond substituents is 1. The molecule has 2 aromatic rings. The molecule has 0 aliphatic heterocycles. The molecular formula is C26H38N10O7. The minimum Gasteiger partial charge on any atom is -0.508 e. The van der Waals surface area contributed by atoms with E-state index in [0.717, 1.165) is 0 Å². The molecule has 2 rings (SSSR count). The fraction of sp³-hybridized carbons (Fsp3) is 0.423. The Balaban J connectivity index is 2.21. The van der Waals surface area contributed by atoms with Gasteiger partial charge in [-0.15, -0.1) is 0 Å². The summed E-state index contributed by atoms with van der Waals surface area (Å²) in [5.41, 5.74) is 23.0. The van der Waals surface area contributed by atoms with E-state index >= 15 is 0 Å². The Labute approximate surface area is 246 Å². The number of nitrogens with one attached hydrogen (secondary N) is 4. The predicted octanol–water partition coefficient (Wildman–Crippen LogP) is -2.91. The van der Waals surface area contributed by atoms with Crippen molar-refractivity contribution in [2.24, 2.45) is 27.9 Å². The van der Waals surface area contributed by atoms with Gasteiger partial charge in [0.2, 0.25) is 23.6 Å². The van der Waals surface area contributed by atoms with Crippen LogP contribution in [0.15, 0.2) is 41.8 Å². The van der Waals surface area contributed by atoms with Gasteiger partial charge in [0.05, 0.1) is 12.4 Å². The topological polar surface area (TPSA) is 307 Å². The summed E-state index contributed by atoms with van der Waals surface area (Å²) < 4.78 is 0. The molecule has 17 heteroatoms. The fourth-order valence-corrected chi connectivity index (χ4v) is 3.94. The van der Waals surface area contributed by atoms with Crippen LogP contribution >= 0.6 is 0 Å². The van der Waals surface area contributed by atoms with E-state index in [1.807, 2.05) is 0 Å². The van der Waals surface area contributed by atoms with Crippen molar-refractivity contribution in [2.75, 3.05) is 6.54 Å². The molecule has 0 spiro atoms. The molecule has 4 atom stereocenters. The number of phenols is 1. The molecule has 0 aliphatic carbocycles. The number of primary amides is 1. The molecule has 0 fully saturated rings. The van der Waals surface area contributed by atoms with Crippen molar-refractivity contribution in [3.05, 3.63) is 48.0 Å². The number of imidazole rings is 1. The number of nitrogens with two attached hydrogens (primary N) is 4. The molecule has 14 N–H and O–H groups in total. The van der Waals surface area contributed by atoms with Crippen molar-refractivity contribution in [2.45, 2.75) is 62.7 Å². The number of aliphatic carboxylic acids is 1. The average Bonchev–Trinajstić information content (AvgIpc) is 3.46. The number of aliphatic imine (C=N–C) groups is 1. The summed E-state index contributed by atoms with van der Waals surface area (Å²) in [5.74, 6) is -4.49. The van der Waals surface area contributed by atoms with Crippen LogP contribution in [0.2, 0.25) is 0 Å². The number of guanidine groups is 1. The second-order valence-corrected chi connectivity index (χ2v) is 9.73. The summed E-state index contributed by atoms with van der Waals surface area (Å²) >= 11 is 0. The van der Waals surface area contributed by atoms with E-state index in [2.05, 4.69) is 30.9 Å². The van der Waals surface area contributed by atoms with Crippen molar-refractivity contribution < 1.29 is 34.2 Å². The maximum atomic E-state index is 13.4. The standard InChI is InChI=1S/C26H38N10O7/c27-17(10-14-3-5-16(37)6-4-14)22(39)34-18(2-1-9-32-26(29)30)23(40)36-20(11-15-12-31-13-33-15)24(41)35-19(25(42)43)7-8-21(28)38/h3-6,12-13,17-20,37H,1-2,7-11,27H2,(H2,28,38)(H,31,33)(H,34,39)(H,35,41)(H,36,40)(H,42,43)(H4,29,30,32). The number of carbonyl (C=O) groups is 5. The Morgan fingerprint density at radius 2 is 1.51 bits per heavy atom. The van der Waals surface area contributed by atoms with E-state index in [1.54, 1.807) is 12.1 Å². The second-order valence-electron chi connectivity index (χ2n) is 9.73. The molecule has 234 valence electrons. The number of nitrogens with zero attached hydrogens (tertiary/aromatic N) is 2. The number of hydrogen-bond donors (Lipinski definition) is 10. The predicted molar refractivity (Wildman–Crippen MR) is 154 cm³/mol. The van der Waals surface area contributed by atoms with Crippen molar-refractivity contribution in [3.8, 4) is 5.75 Å². The van der Waals surface area contributed by atoms with Crippen LogP contribution in [-0.4, -0.2) is 86.5 Å².